The fraction of sp³-hybridized carbons (Fsp3) is 0.562. The van der Waals surface area contributed by atoms with E-state index in [2.05, 4.69) is 22.9 Å². The van der Waals surface area contributed by atoms with Gasteiger partial charge in [-0.05, 0) is 50.3 Å². The molecule has 0 radical (unpaired) electrons. The molecule has 19 heavy (non-hydrogen) atoms. The molecule has 1 aromatic carbocycles. The Morgan fingerprint density at radius 3 is 2.89 bits per heavy atom. The van der Waals surface area contributed by atoms with E-state index < -0.39 is 0 Å². The minimum atomic E-state index is 0.0605. The number of hydrogen-bond donors (Lipinski definition) is 0. The van der Waals surface area contributed by atoms with Crippen LogP contribution in [-0.4, -0.2) is 11.9 Å². The molecular formula is C16H21BrO2. The molecule has 0 aliphatic heterocycles. The van der Waals surface area contributed by atoms with Crippen molar-refractivity contribution >= 4 is 21.7 Å². The molecular weight excluding hydrogens is 304 g/mol. The molecule has 1 saturated carbocycles. The van der Waals surface area contributed by atoms with E-state index in [0.717, 1.165) is 29.0 Å². The summed E-state index contributed by atoms with van der Waals surface area (Å²) < 4.78 is 7.06. The zero-order valence-electron chi connectivity index (χ0n) is 11.6. The molecule has 1 aromatic rings. The Kier molecular flexibility index (Phi) is 5.03. The number of hydrogen-bond acceptors (Lipinski definition) is 2. The molecule has 2 unspecified atom stereocenters. The number of carbonyl (C=O) groups is 1. The zero-order chi connectivity index (χ0) is 13.8. The van der Waals surface area contributed by atoms with Gasteiger partial charge in [-0.15, -0.1) is 0 Å². The highest BCUT2D eigenvalue weighted by molar-refractivity contribution is 9.10. The first kappa shape index (κ1) is 14.6. The number of benzene rings is 1. The third kappa shape index (κ3) is 3.82. The fourth-order valence-corrected chi connectivity index (χ4v) is 3.12. The molecule has 1 aliphatic carbocycles. The third-order valence-corrected chi connectivity index (χ3v) is 4.42. The summed E-state index contributed by atoms with van der Waals surface area (Å²) in [5.74, 6) is 1.56. The molecule has 0 amide bonds. The van der Waals surface area contributed by atoms with Gasteiger partial charge in [-0.3, -0.25) is 4.79 Å². The van der Waals surface area contributed by atoms with Gasteiger partial charge in [0, 0.05) is 4.47 Å². The van der Waals surface area contributed by atoms with Crippen molar-refractivity contribution in [2.75, 3.05) is 0 Å². The molecule has 2 atom stereocenters. The normalized spacial score (nSPS) is 23.1. The van der Waals surface area contributed by atoms with E-state index in [0.29, 0.717) is 5.56 Å². The van der Waals surface area contributed by atoms with Crippen LogP contribution in [0.2, 0.25) is 0 Å². The molecule has 1 aliphatic rings. The molecule has 3 heteroatoms. The lowest BCUT2D eigenvalue weighted by molar-refractivity contribution is 0.0988. The summed E-state index contributed by atoms with van der Waals surface area (Å²) in [4.78, 5) is 11.6. The highest BCUT2D eigenvalue weighted by atomic mass is 79.9. The van der Waals surface area contributed by atoms with Crippen molar-refractivity contribution in [2.45, 2.75) is 52.1 Å². The Hall–Kier alpha value is -0.830. The maximum atomic E-state index is 11.6. The van der Waals surface area contributed by atoms with Gasteiger partial charge in [0.05, 0.1) is 11.7 Å². The van der Waals surface area contributed by atoms with Crippen molar-refractivity contribution in [3.05, 3.63) is 28.2 Å². The highest BCUT2D eigenvalue weighted by Gasteiger charge is 2.23. The van der Waals surface area contributed by atoms with Gasteiger partial charge in [-0.2, -0.15) is 0 Å². The van der Waals surface area contributed by atoms with E-state index in [1.54, 1.807) is 6.92 Å². The monoisotopic (exact) mass is 324 g/mol. The molecule has 104 valence electrons. The number of Topliss-reactive ketones (excluding diaryl/α,β-unsaturated/α-hetero) is 1. The molecule has 0 heterocycles. The van der Waals surface area contributed by atoms with Gasteiger partial charge in [0.1, 0.15) is 5.75 Å². The lowest BCUT2D eigenvalue weighted by Crippen LogP contribution is -2.25. The van der Waals surface area contributed by atoms with Gasteiger partial charge in [-0.1, -0.05) is 35.7 Å². The van der Waals surface area contributed by atoms with Crippen LogP contribution in [0, 0.1) is 5.92 Å². The SMILES string of the molecule is CCC1CCCC(Oc2cc(Br)ccc2C(C)=O)C1. The second-order valence-electron chi connectivity index (χ2n) is 5.38. The molecule has 0 spiro atoms. The van der Waals surface area contributed by atoms with Crippen molar-refractivity contribution in [1.82, 2.24) is 0 Å². The number of halogens is 1. The van der Waals surface area contributed by atoms with Gasteiger partial charge in [0.25, 0.3) is 0 Å². The Labute approximate surface area is 123 Å². The number of carbonyl (C=O) groups excluding carboxylic acids is 1. The van der Waals surface area contributed by atoms with Crippen molar-refractivity contribution in [3.8, 4) is 5.75 Å². The third-order valence-electron chi connectivity index (χ3n) is 3.93. The lowest BCUT2D eigenvalue weighted by Gasteiger charge is -2.29. The van der Waals surface area contributed by atoms with Crippen LogP contribution >= 0.6 is 15.9 Å². The van der Waals surface area contributed by atoms with Crippen LogP contribution < -0.4 is 4.74 Å². The molecule has 2 nitrogen and oxygen atoms in total. The summed E-state index contributed by atoms with van der Waals surface area (Å²) in [5.41, 5.74) is 0.682. The maximum Gasteiger partial charge on any atom is 0.163 e. The van der Waals surface area contributed by atoms with Gasteiger partial charge in [0.15, 0.2) is 5.78 Å². The van der Waals surface area contributed by atoms with E-state index >= 15 is 0 Å². The Morgan fingerprint density at radius 1 is 1.42 bits per heavy atom. The van der Waals surface area contributed by atoms with E-state index in [1.807, 2.05) is 18.2 Å². The van der Waals surface area contributed by atoms with Crippen molar-refractivity contribution < 1.29 is 9.53 Å². The van der Waals surface area contributed by atoms with Crippen LogP contribution in [-0.2, 0) is 0 Å². The van der Waals surface area contributed by atoms with Crippen LogP contribution in [0.15, 0.2) is 22.7 Å². The van der Waals surface area contributed by atoms with Crippen LogP contribution in [0.4, 0.5) is 0 Å². The van der Waals surface area contributed by atoms with E-state index in [9.17, 15) is 4.79 Å². The van der Waals surface area contributed by atoms with Crippen molar-refractivity contribution in [1.29, 1.82) is 0 Å². The first-order valence-corrected chi connectivity index (χ1v) is 7.86. The molecule has 2 rings (SSSR count). The first-order chi connectivity index (χ1) is 9.10. The molecule has 0 aromatic heterocycles. The predicted molar refractivity (Wildman–Crippen MR) is 80.8 cm³/mol. The highest BCUT2D eigenvalue weighted by Crippen LogP contribution is 2.32. The largest absolute Gasteiger partial charge is 0.490 e. The summed E-state index contributed by atoms with van der Waals surface area (Å²) in [6.07, 6.45) is 6.23. The quantitative estimate of drug-likeness (QED) is 0.728. The van der Waals surface area contributed by atoms with Gasteiger partial charge in [-0.25, -0.2) is 0 Å². The first-order valence-electron chi connectivity index (χ1n) is 7.07. The van der Waals surface area contributed by atoms with Gasteiger partial charge < -0.3 is 4.74 Å². The predicted octanol–water partition coefficient (Wildman–Crippen LogP) is 5.00. The number of ether oxygens (including phenoxy) is 1. The van der Waals surface area contributed by atoms with Crippen molar-refractivity contribution in [3.63, 3.8) is 0 Å². The maximum absolute atomic E-state index is 11.6. The molecule has 1 fully saturated rings. The second-order valence-corrected chi connectivity index (χ2v) is 6.29. The summed E-state index contributed by atoms with van der Waals surface area (Å²) >= 11 is 3.44. The topological polar surface area (TPSA) is 26.3 Å². The minimum Gasteiger partial charge on any atom is -0.490 e. The molecule has 0 N–H and O–H groups in total. The Morgan fingerprint density at radius 2 is 2.21 bits per heavy atom. The van der Waals surface area contributed by atoms with Gasteiger partial charge in [0.2, 0.25) is 0 Å². The summed E-state index contributed by atoms with van der Waals surface area (Å²) in [6, 6.07) is 5.63. The van der Waals surface area contributed by atoms with Crippen LogP contribution in [0.25, 0.3) is 0 Å². The van der Waals surface area contributed by atoms with Crippen LogP contribution in [0.3, 0.4) is 0 Å². The smallest absolute Gasteiger partial charge is 0.163 e. The summed E-state index contributed by atoms with van der Waals surface area (Å²) in [5, 5.41) is 0. The molecule has 0 bridgehead atoms. The van der Waals surface area contributed by atoms with Crippen LogP contribution in [0.1, 0.15) is 56.3 Å². The fourth-order valence-electron chi connectivity index (χ4n) is 2.78. The Balaban J connectivity index is 2.13. The van der Waals surface area contributed by atoms with E-state index in [-0.39, 0.29) is 11.9 Å². The summed E-state index contributed by atoms with van der Waals surface area (Å²) in [6.45, 7) is 3.83. The van der Waals surface area contributed by atoms with Gasteiger partial charge >= 0.3 is 0 Å². The van der Waals surface area contributed by atoms with E-state index in [4.69, 9.17) is 4.74 Å². The zero-order valence-corrected chi connectivity index (χ0v) is 13.2. The Bertz CT molecular complexity index is 456. The molecule has 0 saturated heterocycles. The summed E-state index contributed by atoms with van der Waals surface area (Å²) in [7, 11) is 0. The number of rotatable bonds is 4. The number of ketones is 1. The second kappa shape index (κ2) is 6.56. The average molecular weight is 325 g/mol. The lowest BCUT2D eigenvalue weighted by atomic mass is 9.85. The van der Waals surface area contributed by atoms with E-state index in [1.165, 1.54) is 19.3 Å². The van der Waals surface area contributed by atoms with Crippen molar-refractivity contribution in [2.24, 2.45) is 5.92 Å². The van der Waals surface area contributed by atoms with Crippen LogP contribution in [0.5, 0.6) is 5.75 Å². The minimum absolute atomic E-state index is 0.0605. The standard InChI is InChI=1S/C16H21BrO2/c1-3-12-5-4-6-14(9-12)19-16-10-13(17)7-8-15(16)11(2)18/h7-8,10,12,14H,3-6,9H2,1-2H3. The average Bonchev–Trinajstić information content (AvgIpc) is 2.38.